The number of anilines is 2. The molecule has 2 aromatic rings. The Balaban J connectivity index is 1.62. The summed E-state index contributed by atoms with van der Waals surface area (Å²) < 4.78 is 11.1. The van der Waals surface area contributed by atoms with Crippen LogP contribution >= 0.6 is 0 Å². The molecular weight excluding hydrogens is 402 g/mol. The third-order valence-electron chi connectivity index (χ3n) is 6.59. The Hall–Kier alpha value is -2.82. The van der Waals surface area contributed by atoms with Crippen molar-refractivity contribution < 1.29 is 19.1 Å². The van der Waals surface area contributed by atoms with Gasteiger partial charge < -0.3 is 14.8 Å². The summed E-state index contributed by atoms with van der Waals surface area (Å²) in [4.78, 5) is 25.2. The number of hydrogen-bond donors (Lipinski definition) is 1. The first-order valence-electron chi connectivity index (χ1n) is 11.5. The smallest absolute Gasteiger partial charge is 0.344 e. The summed E-state index contributed by atoms with van der Waals surface area (Å²) in [5.41, 5.74) is 4.22. The van der Waals surface area contributed by atoms with E-state index in [1.807, 2.05) is 44.2 Å². The van der Waals surface area contributed by atoms with Crippen molar-refractivity contribution in [3.8, 4) is 0 Å². The van der Waals surface area contributed by atoms with Gasteiger partial charge in [0.15, 0.2) is 6.61 Å². The van der Waals surface area contributed by atoms with Crippen LogP contribution in [0.4, 0.5) is 11.4 Å². The molecule has 1 saturated carbocycles. The molecule has 1 aliphatic rings. The first kappa shape index (κ1) is 23.8. The minimum absolute atomic E-state index is 0.108. The predicted octanol–water partition coefficient (Wildman–Crippen LogP) is 6.21. The molecule has 2 aromatic carbocycles. The number of carbonyl (C=O) groups excluding carboxylic acids is 2. The molecule has 5 heteroatoms. The van der Waals surface area contributed by atoms with E-state index in [1.165, 1.54) is 0 Å². The quantitative estimate of drug-likeness (QED) is 0.522. The van der Waals surface area contributed by atoms with Gasteiger partial charge in [0.2, 0.25) is 0 Å². The Morgan fingerprint density at radius 1 is 1.03 bits per heavy atom. The predicted molar refractivity (Wildman–Crippen MR) is 127 cm³/mol. The standard InChI is InChI=1S/C27H35NO4/c1-17(2)21-14-13-18(3)15-25(21)32-26(29)16-31-27(30)22-10-6-7-11-24(22)28-23-12-8-9-19(4)20(23)5/h6-12,17-18,21,25,28H,13-16H2,1-5H3/t18-,21+,25-/m0/s1. The van der Waals surface area contributed by atoms with Crippen molar-refractivity contribution in [2.75, 3.05) is 11.9 Å². The monoisotopic (exact) mass is 437 g/mol. The van der Waals surface area contributed by atoms with E-state index < -0.39 is 11.9 Å². The fourth-order valence-electron chi connectivity index (χ4n) is 4.46. The summed E-state index contributed by atoms with van der Waals surface area (Å²) in [6, 6.07) is 13.1. The van der Waals surface area contributed by atoms with Crippen LogP contribution in [0.2, 0.25) is 0 Å². The van der Waals surface area contributed by atoms with Gasteiger partial charge in [-0.1, -0.05) is 51.5 Å². The van der Waals surface area contributed by atoms with Crippen molar-refractivity contribution in [1.82, 2.24) is 0 Å². The van der Waals surface area contributed by atoms with Crippen LogP contribution in [0, 0.1) is 31.6 Å². The zero-order valence-corrected chi connectivity index (χ0v) is 19.8. The van der Waals surface area contributed by atoms with Gasteiger partial charge in [0.1, 0.15) is 6.10 Å². The van der Waals surface area contributed by atoms with Crippen LogP contribution in [0.25, 0.3) is 0 Å². The van der Waals surface area contributed by atoms with E-state index in [1.54, 1.807) is 12.1 Å². The first-order chi connectivity index (χ1) is 15.3. The maximum absolute atomic E-state index is 12.8. The lowest BCUT2D eigenvalue weighted by molar-refractivity contribution is -0.159. The topological polar surface area (TPSA) is 64.6 Å². The number of para-hydroxylation sites is 1. The molecule has 3 atom stereocenters. The summed E-state index contributed by atoms with van der Waals surface area (Å²) >= 11 is 0. The van der Waals surface area contributed by atoms with Crippen molar-refractivity contribution in [3.05, 3.63) is 59.2 Å². The summed E-state index contributed by atoms with van der Waals surface area (Å²) in [5, 5.41) is 3.32. The second-order valence-corrected chi connectivity index (χ2v) is 9.35. The van der Waals surface area contributed by atoms with Crippen molar-refractivity contribution in [1.29, 1.82) is 0 Å². The highest BCUT2D eigenvalue weighted by Gasteiger charge is 2.33. The fourth-order valence-corrected chi connectivity index (χ4v) is 4.46. The minimum Gasteiger partial charge on any atom is -0.460 e. The average molecular weight is 438 g/mol. The Labute approximate surface area is 191 Å². The molecule has 0 radical (unpaired) electrons. The van der Waals surface area contributed by atoms with Crippen LogP contribution in [0.5, 0.6) is 0 Å². The van der Waals surface area contributed by atoms with E-state index in [0.717, 1.165) is 36.1 Å². The van der Waals surface area contributed by atoms with Gasteiger partial charge >= 0.3 is 11.9 Å². The molecule has 1 fully saturated rings. The fraction of sp³-hybridized carbons (Fsp3) is 0.481. The van der Waals surface area contributed by atoms with Crippen molar-refractivity contribution in [3.63, 3.8) is 0 Å². The van der Waals surface area contributed by atoms with E-state index in [9.17, 15) is 9.59 Å². The lowest BCUT2D eigenvalue weighted by atomic mass is 9.75. The van der Waals surface area contributed by atoms with Gasteiger partial charge in [-0.25, -0.2) is 9.59 Å². The lowest BCUT2D eigenvalue weighted by Crippen LogP contribution is -2.36. The summed E-state index contributed by atoms with van der Waals surface area (Å²) in [7, 11) is 0. The molecule has 32 heavy (non-hydrogen) atoms. The molecule has 0 spiro atoms. The number of rotatable bonds is 7. The number of esters is 2. The normalized spacial score (nSPS) is 20.6. The van der Waals surface area contributed by atoms with Gasteiger partial charge in [0.05, 0.1) is 11.3 Å². The Morgan fingerprint density at radius 3 is 2.50 bits per heavy atom. The summed E-state index contributed by atoms with van der Waals surface area (Å²) in [6.07, 6.45) is 2.98. The molecule has 0 bridgehead atoms. The molecule has 0 heterocycles. The molecule has 1 aliphatic carbocycles. The zero-order chi connectivity index (χ0) is 23.3. The van der Waals surface area contributed by atoms with E-state index in [-0.39, 0.29) is 12.7 Å². The van der Waals surface area contributed by atoms with Gasteiger partial charge in [0, 0.05) is 5.69 Å². The van der Waals surface area contributed by atoms with Crippen molar-refractivity contribution >= 4 is 23.3 Å². The SMILES string of the molecule is Cc1cccc(Nc2ccccc2C(=O)OCC(=O)O[C@H]2C[C@@H](C)CC[C@@H]2C(C)C)c1C. The van der Waals surface area contributed by atoms with Gasteiger partial charge in [-0.3, -0.25) is 0 Å². The Kier molecular flexibility index (Phi) is 7.94. The van der Waals surface area contributed by atoms with Crippen LogP contribution < -0.4 is 5.32 Å². The molecule has 0 aliphatic heterocycles. The highest BCUT2D eigenvalue weighted by molar-refractivity contribution is 5.97. The average Bonchev–Trinajstić information content (AvgIpc) is 2.75. The van der Waals surface area contributed by atoms with E-state index in [0.29, 0.717) is 29.0 Å². The number of hydrogen-bond acceptors (Lipinski definition) is 5. The van der Waals surface area contributed by atoms with Crippen LogP contribution in [-0.4, -0.2) is 24.6 Å². The minimum atomic E-state index is -0.548. The van der Waals surface area contributed by atoms with Crippen LogP contribution in [-0.2, 0) is 14.3 Å². The highest BCUT2D eigenvalue weighted by Crippen LogP contribution is 2.35. The second-order valence-electron chi connectivity index (χ2n) is 9.35. The molecule has 0 unspecified atom stereocenters. The molecule has 0 aromatic heterocycles. The zero-order valence-electron chi connectivity index (χ0n) is 19.8. The maximum atomic E-state index is 12.8. The van der Waals surface area contributed by atoms with E-state index in [4.69, 9.17) is 9.47 Å². The third kappa shape index (κ3) is 5.90. The number of nitrogens with one attached hydrogen (secondary N) is 1. The first-order valence-corrected chi connectivity index (χ1v) is 11.5. The van der Waals surface area contributed by atoms with Crippen LogP contribution in [0.15, 0.2) is 42.5 Å². The maximum Gasteiger partial charge on any atom is 0.344 e. The van der Waals surface area contributed by atoms with Gasteiger partial charge in [-0.05, 0) is 73.8 Å². The second kappa shape index (κ2) is 10.7. The Morgan fingerprint density at radius 2 is 1.75 bits per heavy atom. The van der Waals surface area contributed by atoms with Crippen LogP contribution in [0.1, 0.15) is 61.5 Å². The lowest BCUT2D eigenvalue weighted by Gasteiger charge is -2.36. The molecular formula is C27H35NO4. The number of ether oxygens (including phenoxy) is 2. The highest BCUT2D eigenvalue weighted by atomic mass is 16.6. The molecule has 172 valence electrons. The van der Waals surface area contributed by atoms with Crippen molar-refractivity contribution in [2.24, 2.45) is 17.8 Å². The third-order valence-corrected chi connectivity index (χ3v) is 6.59. The largest absolute Gasteiger partial charge is 0.460 e. The van der Waals surface area contributed by atoms with E-state index >= 15 is 0 Å². The number of carbonyl (C=O) groups is 2. The van der Waals surface area contributed by atoms with Crippen LogP contribution in [0.3, 0.4) is 0 Å². The van der Waals surface area contributed by atoms with E-state index in [2.05, 4.69) is 26.1 Å². The molecule has 1 N–H and O–H groups in total. The summed E-state index contributed by atoms with van der Waals surface area (Å²) in [6.45, 7) is 10.2. The summed E-state index contributed by atoms with van der Waals surface area (Å²) in [5.74, 6) is 0.309. The van der Waals surface area contributed by atoms with Gasteiger partial charge in [-0.15, -0.1) is 0 Å². The molecule has 0 amide bonds. The molecule has 3 rings (SSSR count). The van der Waals surface area contributed by atoms with Gasteiger partial charge in [-0.2, -0.15) is 0 Å². The molecule has 0 saturated heterocycles. The van der Waals surface area contributed by atoms with Gasteiger partial charge in [0.25, 0.3) is 0 Å². The number of benzene rings is 2. The number of aryl methyl sites for hydroxylation is 1. The Bertz CT molecular complexity index is 952. The molecule has 5 nitrogen and oxygen atoms in total. The van der Waals surface area contributed by atoms with Crippen molar-refractivity contribution in [2.45, 2.75) is 60.0 Å².